The minimum absolute atomic E-state index is 0.227. The Hall–Kier alpha value is -1.14. The SMILES string of the molecule is CC(C)C1CN(c2ccc(F)c(S(C)(=O)=O)c2)CCN1. The van der Waals surface area contributed by atoms with E-state index in [1.54, 1.807) is 6.07 Å². The van der Waals surface area contributed by atoms with Crippen LogP contribution in [0.3, 0.4) is 0 Å². The van der Waals surface area contributed by atoms with Gasteiger partial charge in [-0.1, -0.05) is 13.8 Å². The van der Waals surface area contributed by atoms with Gasteiger partial charge in [0.1, 0.15) is 10.7 Å². The summed E-state index contributed by atoms with van der Waals surface area (Å²) in [6, 6.07) is 4.67. The van der Waals surface area contributed by atoms with E-state index in [2.05, 4.69) is 24.1 Å². The van der Waals surface area contributed by atoms with Gasteiger partial charge in [0.05, 0.1) is 0 Å². The van der Waals surface area contributed by atoms with Gasteiger partial charge in [0.2, 0.25) is 0 Å². The number of anilines is 1. The largest absolute Gasteiger partial charge is 0.369 e. The van der Waals surface area contributed by atoms with E-state index in [0.29, 0.717) is 12.0 Å². The van der Waals surface area contributed by atoms with Crippen LogP contribution >= 0.6 is 0 Å². The summed E-state index contributed by atoms with van der Waals surface area (Å²) in [5, 5.41) is 3.44. The molecule has 0 bridgehead atoms. The lowest BCUT2D eigenvalue weighted by atomic mass is 10.0. The van der Waals surface area contributed by atoms with Crippen LogP contribution in [0.4, 0.5) is 10.1 Å². The number of sulfone groups is 1. The fourth-order valence-corrected chi connectivity index (χ4v) is 3.19. The van der Waals surface area contributed by atoms with Crippen molar-refractivity contribution in [3.8, 4) is 0 Å². The van der Waals surface area contributed by atoms with Crippen molar-refractivity contribution < 1.29 is 12.8 Å². The second-order valence-electron chi connectivity index (χ2n) is 5.64. The molecule has 1 heterocycles. The van der Waals surface area contributed by atoms with E-state index in [4.69, 9.17) is 0 Å². The maximum absolute atomic E-state index is 13.6. The smallest absolute Gasteiger partial charge is 0.178 e. The number of hydrogen-bond donors (Lipinski definition) is 1. The standard InChI is InChI=1S/C14H21FN2O2S/c1-10(2)13-9-17(7-6-16-13)11-4-5-12(15)14(8-11)20(3,18)19/h4-5,8,10,13,16H,6-7,9H2,1-3H3. The summed E-state index contributed by atoms with van der Waals surface area (Å²) in [6.45, 7) is 6.72. The highest BCUT2D eigenvalue weighted by atomic mass is 32.2. The van der Waals surface area contributed by atoms with E-state index in [9.17, 15) is 12.8 Å². The molecular formula is C14H21FN2O2S. The minimum Gasteiger partial charge on any atom is -0.369 e. The lowest BCUT2D eigenvalue weighted by Crippen LogP contribution is -2.53. The fourth-order valence-electron chi connectivity index (χ4n) is 2.43. The molecule has 0 aliphatic carbocycles. The van der Waals surface area contributed by atoms with E-state index in [1.165, 1.54) is 12.1 Å². The van der Waals surface area contributed by atoms with Crippen LogP contribution in [0.5, 0.6) is 0 Å². The summed E-state index contributed by atoms with van der Waals surface area (Å²) in [4.78, 5) is 1.88. The molecule has 1 N–H and O–H groups in total. The van der Waals surface area contributed by atoms with E-state index in [-0.39, 0.29) is 4.90 Å². The summed E-state index contributed by atoms with van der Waals surface area (Å²) in [5.41, 5.74) is 0.763. The van der Waals surface area contributed by atoms with E-state index >= 15 is 0 Å². The van der Waals surface area contributed by atoms with Gasteiger partial charge in [0.15, 0.2) is 9.84 Å². The highest BCUT2D eigenvalue weighted by Crippen LogP contribution is 2.24. The molecule has 0 spiro atoms. The van der Waals surface area contributed by atoms with Gasteiger partial charge >= 0.3 is 0 Å². The van der Waals surface area contributed by atoms with E-state index in [1.807, 2.05) is 0 Å². The zero-order valence-electron chi connectivity index (χ0n) is 12.1. The van der Waals surface area contributed by atoms with Crippen LogP contribution < -0.4 is 10.2 Å². The Kier molecular flexibility index (Phi) is 4.34. The van der Waals surface area contributed by atoms with Gasteiger partial charge in [-0.2, -0.15) is 0 Å². The first-order chi connectivity index (χ1) is 9.29. The molecular weight excluding hydrogens is 279 g/mol. The number of nitrogens with one attached hydrogen (secondary N) is 1. The van der Waals surface area contributed by atoms with Crippen LogP contribution in [0.1, 0.15) is 13.8 Å². The Morgan fingerprint density at radius 3 is 2.70 bits per heavy atom. The molecule has 0 saturated carbocycles. The Bertz CT molecular complexity index is 587. The average molecular weight is 300 g/mol. The highest BCUT2D eigenvalue weighted by Gasteiger charge is 2.23. The first-order valence-corrected chi connectivity index (χ1v) is 8.66. The predicted molar refractivity (Wildman–Crippen MR) is 78.4 cm³/mol. The third-order valence-corrected chi connectivity index (χ3v) is 4.80. The second-order valence-corrected chi connectivity index (χ2v) is 7.62. The summed E-state index contributed by atoms with van der Waals surface area (Å²) in [7, 11) is -3.54. The van der Waals surface area contributed by atoms with Crippen molar-refractivity contribution >= 4 is 15.5 Å². The summed E-state index contributed by atoms with van der Waals surface area (Å²) < 4.78 is 36.8. The molecule has 1 fully saturated rings. The molecule has 1 aliphatic rings. The van der Waals surface area contributed by atoms with Crippen molar-refractivity contribution in [2.75, 3.05) is 30.8 Å². The Labute approximate surface area is 119 Å². The van der Waals surface area contributed by atoms with Crippen molar-refractivity contribution in [3.05, 3.63) is 24.0 Å². The van der Waals surface area contributed by atoms with E-state index in [0.717, 1.165) is 31.6 Å². The monoisotopic (exact) mass is 300 g/mol. The quantitative estimate of drug-likeness (QED) is 0.922. The van der Waals surface area contributed by atoms with Gasteiger partial charge in [0, 0.05) is 37.6 Å². The molecule has 0 amide bonds. The Balaban J connectivity index is 2.29. The Morgan fingerprint density at radius 1 is 1.40 bits per heavy atom. The van der Waals surface area contributed by atoms with Gasteiger partial charge in [-0.15, -0.1) is 0 Å². The molecule has 1 atom stereocenters. The van der Waals surface area contributed by atoms with Gasteiger partial charge < -0.3 is 10.2 Å². The molecule has 0 aromatic heterocycles. The topological polar surface area (TPSA) is 49.4 Å². The van der Waals surface area contributed by atoms with Crippen LogP contribution in [0.25, 0.3) is 0 Å². The van der Waals surface area contributed by atoms with Gasteiger partial charge in [-0.05, 0) is 24.1 Å². The normalized spacial score (nSPS) is 20.4. The molecule has 1 unspecified atom stereocenters. The molecule has 112 valence electrons. The fraction of sp³-hybridized carbons (Fsp3) is 0.571. The van der Waals surface area contributed by atoms with Crippen molar-refractivity contribution in [1.82, 2.24) is 5.32 Å². The van der Waals surface area contributed by atoms with Crippen LogP contribution in [-0.4, -0.2) is 40.3 Å². The number of rotatable bonds is 3. The summed E-state index contributed by atoms with van der Waals surface area (Å²) in [5.74, 6) is -0.195. The van der Waals surface area contributed by atoms with Crippen molar-refractivity contribution in [3.63, 3.8) is 0 Å². The first-order valence-electron chi connectivity index (χ1n) is 6.77. The lowest BCUT2D eigenvalue weighted by molar-refractivity contribution is 0.368. The van der Waals surface area contributed by atoms with Crippen LogP contribution in [-0.2, 0) is 9.84 Å². The number of halogens is 1. The lowest BCUT2D eigenvalue weighted by Gasteiger charge is -2.37. The first kappa shape index (κ1) is 15.3. The maximum Gasteiger partial charge on any atom is 0.178 e. The van der Waals surface area contributed by atoms with Crippen molar-refractivity contribution in [2.24, 2.45) is 5.92 Å². The van der Waals surface area contributed by atoms with Gasteiger partial charge in [0.25, 0.3) is 0 Å². The van der Waals surface area contributed by atoms with Crippen LogP contribution in [0.15, 0.2) is 23.1 Å². The van der Waals surface area contributed by atoms with Gasteiger partial charge in [-0.3, -0.25) is 0 Å². The van der Waals surface area contributed by atoms with Crippen molar-refractivity contribution in [2.45, 2.75) is 24.8 Å². The number of piperazine rings is 1. The Morgan fingerprint density at radius 2 is 2.10 bits per heavy atom. The van der Waals surface area contributed by atoms with Gasteiger partial charge in [-0.25, -0.2) is 12.8 Å². The van der Waals surface area contributed by atoms with Crippen LogP contribution in [0, 0.1) is 11.7 Å². The minimum atomic E-state index is -3.54. The molecule has 4 nitrogen and oxygen atoms in total. The second kappa shape index (κ2) is 5.69. The molecule has 1 aliphatic heterocycles. The van der Waals surface area contributed by atoms with Crippen LogP contribution in [0.2, 0.25) is 0 Å². The summed E-state index contributed by atoms with van der Waals surface area (Å²) >= 11 is 0. The number of nitrogens with zero attached hydrogens (tertiary/aromatic N) is 1. The third-order valence-electron chi connectivity index (χ3n) is 3.69. The molecule has 1 aromatic carbocycles. The maximum atomic E-state index is 13.6. The molecule has 20 heavy (non-hydrogen) atoms. The molecule has 6 heteroatoms. The number of hydrogen-bond acceptors (Lipinski definition) is 4. The molecule has 0 radical (unpaired) electrons. The zero-order chi connectivity index (χ0) is 14.9. The summed E-state index contributed by atoms with van der Waals surface area (Å²) in [6.07, 6.45) is 1.03. The van der Waals surface area contributed by atoms with Crippen molar-refractivity contribution in [1.29, 1.82) is 0 Å². The molecule has 1 aromatic rings. The predicted octanol–water partition coefficient (Wildman–Crippen LogP) is 1.66. The average Bonchev–Trinajstić information content (AvgIpc) is 2.38. The molecule has 2 rings (SSSR count). The van der Waals surface area contributed by atoms with E-state index < -0.39 is 15.7 Å². The third kappa shape index (κ3) is 3.30. The number of benzene rings is 1. The zero-order valence-corrected chi connectivity index (χ0v) is 12.9. The molecule has 1 saturated heterocycles. The highest BCUT2D eigenvalue weighted by molar-refractivity contribution is 7.90.